The molecule has 0 aliphatic carbocycles. The Morgan fingerprint density at radius 1 is 1.35 bits per heavy atom. The van der Waals surface area contributed by atoms with Crippen LogP contribution in [0.3, 0.4) is 0 Å². The van der Waals surface area contributed by atoms with Gasteiger partial charge in [-0.3, -0.25) is 4.79 Å². The molecule has 1 aromatic carbocycles. The Kier molecular flexibility index (Phi) is 5.10. The third kappa shape index (κ3) is 3.99. The molecular formula is C14H19NO3S2. The fourth-order valence-corrected chi connectivity index (χ4v) is 4.42. The number of benzene rings is 1. The number of thiol groups is 1. The van der Waals surface area contributed by atoms with Gasteiger partial charge >= 0.3 is 0 Å². The van der Waals surface area contributed by atoms with Crippen molar-refractivity contribution in [2.24, 2.45) is 0 Å². The van der Waals surface area contributed by atoms with Gasteiger partial charge in [0.1, 0.15) is 0 Å². The zero-order valence-corrected chi connectivity index (χ0v) is 12.9. The zero-order valence-electron chi connectivity index (χ0n) is 11.2. The maximum absolute atomic E-state index is 11.9. The second-order valence-electron chi connectivity index (χ2n) is 5.08. The predicted molar refractivity (Wildman–Crippen MR) is 82.7 cm³/mol. The van der Waals surface area contributed by atoms with Gasteiger partial charge in [0.15, 0.2) is 9.84 Å². The van der Waals surface area contributed by atoms with Crippen LogP contribution in [0.2, 0.25) is 0 Å². The van der Waals surface area contributed by atoms with Crippen molar-refractivity contribution in [1.29, 1.82) is 0 Å². The first-order chi connectivity index (χ1) is 9.49. The summed E-state index contributed by atoms with van der Waals surface area (Å²) in [7, 11) is -3.01. The van der Waals surface area contributed by atoms with E-state index < -0.39 is 20.3 Å². The summed E-state index contributed by atoms with van der Waals surface area (Å²) in [5, 5.41) is 1.82. The van der Waals surface area contributed by atoms with Gasteiger partial charge in [-0.1, -0.05) is 30.3 Å². The zero-order chi connectivity index (χ0) is 14.6. The van der Waals surface area contributed by atoms with Gasteiger partial charge in [-0.2, -0.15) is 12.6 Å². The summed E-state index contributed by atoms with van der Waals surface area (Å²) in [4.78, 5) is 11.9. The standard InChI is InChI=1S/C14H19NO3S2/c16-14(13(19)9-11-5-2-1-3-6-11)15-10-12-7-4-8-20(12,17)18/h1-3,5-6,12-13,19H,4,7-10H2,(H,15,16). The summed E-state index contributed by atoms with van der Waals surface area (Å²) in [5.41, 5.74) is 1.04. The first kappa shape index (κ1) is 15.4. The maximum Gasteiger partial charge on any atom is 0.233 e. The Bertz CT molecular complexity index is 557. The van der Waals surface area contributed by atoms with Crippen molar-refractivity contribution in [2.45, 2.75) is 29.8 Å². The van der Waals surface area contributed by atoms with E-state index in [9.17, 15) is 13.2 Å². The average molecular weight is 313 g/mol. The second kappa shape index (κ2) is 6.63. The molecule has 20 heavy (non-hydrogen) atoms. The molecule has 110 valence electrons. The number of carbonyl (C=O) groups excluding carboxylic acids is 1. The van der Waals surface area contributed by atoms with Crippen LogP contribution in [0.1, 0.15) is 18.4 Å². The molecule has 1 heterocycles. The molecule has 1 aliphatic rings. The summed E-state index contributed by atoms with van der Waals surface area (Å²) in [6.45, 7) is 0.201. The Balaban J connectivity index is 1.83. The SMILES string of the molecule is O=C(NCC1CCCS1(=O)=O)C(S)Cc1ccccc1. The molecule has 0 bridgehead atoms. The quantitative estimate of drug-likeness (QED) is 0.804. The Labute approximate surface area is 125 Å². The highest BCUT2D eigenvalue weighted by atomic mass is 32.2. The van der Waals surface area contributed by atoms with Crippen LogP contribution >= 0.6 is 12.6 Å². The fourth-order valence-electron chi connectivity index (χ4n) is 2.35. The molecule has 2 unspecified atom stereocenters. The number of hydrogen-bond acceptors (Lipinski definition) is 4. The molecule has 1 N–H and O–H groups in total. The van der Waals surface area contributed by atoms with E-state index in [1.807, 2.05) is 30.3 Å². The van der Waals surface area contributed by atoms with Gasteiger partial charge in [0, 0.05) is 6.54 Å². The minimum Gasteiger partial charge on any atom is -0.354 e. The lowest BCUT2D eigenvalue weighted by Gasteiger charge is -2.14. The van der Waals surface area contributed by atoms with E-state index in [1.54, 1.807) is 0 Å². The minimum absolute atomic E-state index is 0.201. The first-order valence-corrected chi connectivity index (χ1v) is 8.93. The highest BCUT2D eigenvalue weighted by Gasteiger charge is 2.31. The molecule has 0 spiro atoms. The van der Waals surface area contributed by atoms with Gasteiger partial charge in [0.05, 0.1) is 16.3 Å². The summed E-state index contributed by atoms with van der Waals surface area (Å²) in [6, 6.07) is 9.63. The number of nitrogens with one attached hydrogen (secondary N) is 1. The van der Waals surface area contributed by atoms with Gasteiger partial charge in [-0.15, -0.1) is 0 Å². The number of sulfone groups is 1. The van der Waals surface area contributed by atoms with Gasteiger partial charge in [0.2, 0.25) is 5.91 Å². The van der Waals surface area contributed by atoms with E-state index in [0.717, 1.165) is 5.56 Å². The van der Waals surface area contributed by atoms with Crippen LogP contribution in [0.5, 0.6) is 0 Å². The van der Waals surface area contributed by atoms with Crippen molar-refractivity contribution in [3.05, 3.63) is 35.9 Å². The highest BCUT2D eigenvalue weighted by molar-refractivity contribution is 7.92. The molecule has 2 atom stereocenters. The van der Waals surface area contributed by atoms with Crippen molar-refractivity contribution < 1.29 is 13.2 Å². The lowest BCUT2D eigenvalue weighted by molar-refractivity contribution is -0.120. The van der Waals surface area contributed by atoms with Crippen LogP contribution in [-0.4, -0.2) is 37.1 Å². The predicted octanol–water partition coefficient (Wildman–Crippen LogP) is 1.22. The summed E-state index contributed by atoms with van der Waals surface area (Å²) < 4.78 is 23.3. The van der Waals surface area contributed by atoms with Crippen LogP contribution < -0.4 is 5.32 Å². The third-order valence-electron chi connectivity index (χ3n) is 3.54. The number of carbonyl (C=O) groups is 1. The molecule has 1 fully saturated rings. The van der Waals surface area contributed by atoms with Gasteiger partial charge in [-0.05, 0) is 24.8 Å². The molecule has 0 saturated carbocycles. The van der Waals surface area contributed by atoms with Gasteiger partial charge < -0.3 is 5.32 Å². The van der Waals surface area contributed by atoms with Gasteiger partial charge in [0.25, 0.3) is 0 Å². The smallest absolute Gasteiger partial charge is 0.233 e. The molecule has 1 amide bonds. The molecule has 2 rings (SSSR count). The van der Waals surface area contributed by atoms with Crippen LogP contribution in [0, 0.1) is 0 Å². The first-order valence-electron chi connectivity index (χ1n) is 6.70. The normalized spacial score (nSPS) is 22.4. The molecule has 6 heteroatoms. The van der Waals surface area contributed by atoms with E-state index in [0.29, 0.717) is 19.3 Å². The van der Waals surface area contributed by atoms with Crippen LogP contribution in [0.25, 0.3) is 0 Å². The molecule has 0 radical (unpaired) electrons. The summed E-state index contributed by atoms with van der Waals surface area (Å²) >= 11 is 4.29. The third-order valence-corrected chi connectivity index (χ3v) is 6.23. The number of hydrogen-bond donors (Lipinski definition) is 2. The fraction of sp³-hybridized carbons (Fsp3) is 0.500. The molecular weight excluding hydrogens is 294 g/mol. The van der Waals surface area contributed by atoms with Crippen LogP contribution in [0.15, 0.2) is 30.3 Å². The minimum atomic E-state index is -3.01. The molecule has 1 saturated heterocycles. The van der Waals surface area contributed by atoms with Crippen molar-refractivity contribution in [2.75, 3.05) is 12.3 Å². The largest absolute Gasteiger partial charge is 0.354 e. The van der Waals surface area contributed by atoms with Crippen LogP contribution in [-0.2, 0) is 21.1 Å². The molecule has 1 aromatic rings. The Hall–Kier alpha value is -1.01. The monoisotopic (exact) mass is 313 g/mol. The van der Waals surface area contributed by atoms with E-state index in [-0.39, 0.29) is 18.2 Å². The maximum atomic E-state index is 11.9. The van der Waals surface area contributed by atoms with Crippen molar-refractivity contribution in [1.82, 2.24) is 5.32 Å². The van der Waals surface area contributed by atoms with Crippen molar-refractivity contribution >= 4 is 28.4 Å². The lowest BCUT2D eigenvalue weighted by atomic mass is 10.1. The molecule has 0 aromatic heterocycles. The lowest BCUT2D eigenvalue weighted by Crippen LogP contribution is -2.39. The average Bonchev–Trinajstić information content (AvgIpc) is 2.76. The number of amides is 1. The van der Waals surface area contributed by atoms with E-state index in [2.05, 4.69) is 17.9 Å². The van der Waals surface area contributed by atoms with E-state index >= 15 is 0 Å². The van der Waals surface area contributed by atoms with Crippen molar-refractivity contribution in [3.63, 3.8) is 0 Å². The van der Waals surface area contributed by atoms with Crippen LogP contribution in [0.4, 0.5) is 0 Å². The van der Waals surface area contributed by atoms with E-state index in [4.69, 9.17) is 0 Å². The molecule has 1 aliphatic heterocycles. The highest BCUT2D eigenvalue weighted by Crippen LogP contribution is 2.19. The van der Waals surface area contributed by atoms with Gasteiger partial charge in [-0.25, -0.2) is 8.42 Å². The summed E-state index contributed by atoms with van der Waals surface area (Å²) in [6.07, 6.45) is 1.86. The molecule has 4 nitrogen and oxygen atoms in total. The van der Waals surface area contributed by atoms with E-state index in [1.165, 1.54) is 0 Å². The summed E-state index contributed by atoms with van der Waals surface area (Å²) in [5.74, 6) is 0.0290. The second-order valence-corrected chi connectivity index (χ2v) is 8.11. The van der Waals surface area contributed by atoms with Crippen molar-refractivity contribution in [3.8, 4) is 0 Å². The number of rotatable bonds is 5. The Morgan fingerprint density at radius 3 is 2.65 bits per heavy atom. The topological polar surface area (TPSA) is 63.2 Å². The Morgan fingerprint density at radius 2 is 2.05 bits per heavy atom.